The summed E-state index contributed by atoms with van der Waals surface area (Å²) in [4.78, 5) is 0. The number of aryl methyl sites for hydroxylation is 1. The van der Waals surface area contributed by atoms with E-state index in [9.17, 15) is 5.11 Å². The molecule has 0 spiro atoms. The van der Waals surface area contributed by atoms with Gasteiger partial charge in [-0.3, -0.25) is 0 Å². The van der Waals surface area contributed by atoms with Gasteiger partial charge in [0.1, 0.15) is 18.1 Å². The van der Waals surface area contributed by atoms with Crippen LogP contribution in [0.3, 0.4) is 0 Å². The highest BCUT2D eigenvalue weighted by Gasteiger charge is 2.10. The van der Waals surface area contributed by atoms with Gasteiger partial charge < -0.3 is 19.9 Å². The van der Waals surface area contributed by atoms with E-state index in [4.69, 9.17) is 9.47 Å². The lowest BCUT2D eigenvalue weighted by molar-refractivity contribution is 0.126. The summed E-state index contributed by atoms with van der Waals surface area (Å²) in [7, 11) is 1.64. The Labute approximate surface area is 166 Å². The summed E-state index contributed by atoms with van der Waals surface area (Å²) in [5.41, 5.74) is 2.09. The smallest absolute Gasteiger partial charge is 0.210 e. The van der Waals surface area contributed by atoms with E-state index in [1.165, 1.54) is 28.7 Å². The number of nitrogens with one attached hydrogen (secondary N) is 1. The predicted molar refractivity (Wildman–Crippen MR) is 110 cm³/mol. The SMILES string of the molecule is COc1ccc(Nc2nnc(SC[C@@H](O)COc3ccc(C)cc3)s2)cc1. The Bertz CT molecular complexity index is 838. The van der Waals surface area contributed by atoms with Gasteiger partial charge in [-0.1, -0.05) is 40.8 Å². The monoisotopic (exact) mass is 403 g/mol. The van der Waals surface area contributed by atoms with Crippen LogP contribution in [0.15, 0.2) is 52.9 Å². The average Bonchev–Trinajstić information content (AvgIpc) is 3.14. The Morgan fingerprint density at radius 3 is 2.48 bits per heavy atom. The molecule has 8 heteroatoms. The van der Waals surface area contributed by atoms with Crippen LogP contribution >= 0.6 is 23.1 Å². The van der Waals surface area contributed by atoms with Crippen molar-refractivity contribution in [2.45, 2.75) is 17.4 Å². The lowest BCUT2D eigenvalue weighted by atomic mass is 10.2. The number of thioether (sulfide) groups is 1. The zero-order chi connectivity index (χ0) is 19.1. The maximum absolute atomic E-state index is 10.1. The number of ether oxygens (including phenoxy) is 2. The molecule has 0 saturated carbocycles. The van der Waals surface area contributed by atoms with Crippen LogP contribution in [-0.4, -0.2) is 40.9 Å². The van der Waals surface area contributed by atoms with Crippen LogP contribution in [0.2, 0.25) is 0 Å². The first-order chi connectivity index (χ1) is 13.1. The number of aliphatic hydroxyl groups excluding tert-OH is 1. The van der Waals surface area contributed by atoms with E-state index < -0.39 is 6.10 Å². The standard InChI is InChI=1S/C19H21N3O3S2/c1-13-3-7-17(8-4-13)25-11-15(23)12-26-19-22-21-18(27-19)20-14-5-9-16(24-2)10-6-14/h3-10,15,23H,11-12H2,1-2H3,(H,20,21)/t15-/m0/s1. The first-order valence-electron chi connectivity index (χ1n) is 8.37. The van der Waals surface area contributed by atoms with E-state index in [2.05, 4.69) is 15.5 Å². The molecule has 0 aliphatic carbocycles. The third-order valence-corrected chi connectivity index (χ3v) is 5.73. The molecule has 27 heavy (non-hydrogen) atoms. The average molecular weight is 404 g/mol. The Morgan fingerprint density at radius 1 is 1.07 bits per heavy atom. The summed E-state index contributed by atoms with van der Waals surface area (Å²) >= 11 is 2.90. The molecule has 3 aromatic rings. The van der Waals surface area contributed by atoms with Crippen molar-refractivity contribution in [2.24, 2.45) is 0 Å². The van der Waals surface area contributed by atoms with Crippen LogP contribution in [0.1, 0.15) is 5.56 Å². The minimum atomic E-state index is -0.585. The molecule has 1 atom stereocenters. The second-order valence-corrected chi connectivity index (χ2v) is 8.06. The van der Waals surface area contributed by atoms with Gasteiger partial charge in [-0.2, -0.15) is 0 Å². The van der Waals surface area contributed by atoms with Gasteiger partial charge in [-0.15, -0.1) is 10.2 Å². The summed E-state index contributed by atoms with van der Waals surface area (Å²) in [5, 5.41) is 22.3. The maximum atomic E-state index is 10.1. The number of hydrogen-bond donors (Lipinski definition) is 2. The molecule has 0 unspecified atom stereocenters. The van der Waals surface area contributed by atoms with Gasteiger partial charge in [0.2, 0.25) is 5.13 Å². The van der Waals surface area contributed by atoms with Gasteiger partial charge in [0.05, 0.1) is 13.2 Å². The molecule has 0 amide bonds. The van der Waals surface area contributed by atoms with Crippen molar-refractivity contribution in [2.75, 3.05) is 24.8 Å². The zero-order valence-corrected chi connectivity index (χ0v) is 16.7. The third-order valence-electron chi connectivity index (χ3n) is 3.61. The first kappa shape index (κ1) is 19.5. The second kappa shape index (κ2) is 9.59. The predicted octanol–water partition coefficient (Wildman–Crippen LogP) is 4.13. The highest BCUT2D eigenvalue weighted by Crippen LogP contribution is 2.28. The summed E-state index contributed by atoms with van der Waals surface area (Å²) < 4.78 is 11.5. The van der Waals surface area contributed by atoms with Crippen molar-refractivity contribution in [3.63, 3.8) is 0 Å². The summed E-state index contributed by atoms with van der Waals surface area (Å²) in [6, 6.07) is 15.4. The molecule has 6 nitrogen and oxygen atoms in total. The maximum Gasteiger partial charge on any atom is 0.210 e. The molecule has 142 valence electrons. The minimum absolute atomic E-state index is 0.242. The molecule has 0 aliphatic heterocycles. The van der Waals surface area contributed by atoms with E-state index in [0.717, 1.165) is 21.5 Å². The largest absolute Gasteiger partial charge is 0.497 e. The molecule has 0 fully saturated rings. The van der Waals surface area contributed by atoms with Crippen molar-refractivity contribution in [1.82, 2.24) is 10.2 Å². The van der Waals surface area contributed by atoms with Crippen LogP contribution in [-0.2, 0) is 0 Å². The number of aliphatic hydroxyl groups is 1. The molecule has 0 aliphatic rings. The first-order valence-corrected chi connectivity index (χ1v) is 10.2. The van der Waals surface area contributed by atoms with Gasteiger partial charge in [0.25, 0.3) is 0 Å². The topological polar surface area (TPSA) is 76.5 Å². The number of benzene rings is 2. The van der Waals surface area contributed by atoms with E-state index in [1.807, 2.05) is 55.5 Å². The van der Waals surface area contributed by atoms with Crippen LogP contribution in [0, 0.1) is 6.92 Å². The van der Waals surface area contributed by atoms with E-state index >= 15 is 0 Å². The summed E-state index contributed by atoms with van der Waals surface area (Å²) in [6.45, 7) is 2.26. The van der Waals surface area contributed by atoms with E-state index in [1.54, 1.807) is 7.11 Å². The second-order valence-electron chi connectivity index (χ2n) is 5.82. The lowest BCUT2D eigenvalue weighted by Crippen LogP contribution is -2.20. The number of hydrogen-bond acceptors (Lipinski definition) is 8. The fraction of sp³-hybridized carbons (Fsp3) is 0.263. The molecule has 0 radical (unpaired) electrons. The van der Waals surface area contributed by atoms with Crippen LogP contribution in [0.25, 0.3) is 0 Å². The lowest BCUT2D eigenvalue weighted by Gasteiger charge is -2.11. The van der Waals surface area contributed by atoms with Gasteiger partial charge in [0.15, 0.2) is 4.34 Å². The van der Waals surface area contributed by atoms with Crippen molar-refractivity contribution in [3.8, 4) is 11.5 Å². The highest BCUT2D eigenvalue weighted by molar-refractivity contribution is 8.01. The van der Waals surface area contributed by atoms with Gasteiger partial charge in [-0.25, -0.2) is 0 Å². The van der Waals surface area contributed by atoms with E-state index in [0.29, 0.717) is 10.9 Å². The number of aromatic nitrogens is 2. The van der Waals surface area contributed by atoms with Crippen LogP contribution in [0.4, 0.5) is 10.8 Å². The Hall–Kier alpha value is -2.29. The molecule has 2 aromatic carbocycles. The molecule has 1 aromatic heterocycles. The third kappa shape index (κ3) is 6.13. The van der Waals surface area contributed by atoms with Gasteiger partial charge in [0, 0.05) is 11.4 Å². The molecule has 0 bridgehead atoms. The number of methoxy groups -OCH3 is 1. The molecule has 2 N–H and O–H groups in total. The van der Waals surface area contributed by atoms with E-state index in [-0.39, 0.29) is 6.61 Å². The van der Waals surface area contributed by atoms with Gasteiger partial charge in [-0.05, 0) is 43.3 Å². The fourth-order valence-electron chi connectivity index (χ4n) is 2.16. The molecule has 0 saturated heterocycles. The fourth-order valence-corrected chi connectivity index (χ4v) is 3.86. The Balaban J connectivity index is 1.43. The van der Waals surface area contributed by atoms with Gasteiger partial charge >= 0.3 is 0 Å². The minimum Gasteiger partial charge on any atom is -0.497 e. The van der Waals surface area contributed by atoms with Crippen LogP contribution in [0.5, 0.6) is 11.5 Å². The van der Waals surface area contributed by atoms with Crippen molar-refractivity contribution < 1.29 is 14.6 Å². The zero-order valence-electron chi connectivity index (χ0n) is 15.1. The normalized spacial score (nSPS) is 11.8. The molecule has 1 heterocycles. The number of rotatable bonds is 9. The molecular weight excluding hydrogens is 382 g/mol. The van der Waals surface area contributed by atoms with Crippen molar-refractivity contribution >= 4 is 33.9 Å². The summed E-state index contributed by atoms with van der Waals surface area (Å²) in [5.74, 6) is 2.05. The van der Waals surface area contributed by atoms with Crippen LogP contribution < -0.4 is 14.8 Å². The van der Waals surface area contributed by atoms with Crippen molar-refractivity contribution in [3.05, 3.63) is 54.1 Å². The number of nitrogens with zero attached hydrogens (tertiary/aromatic N) is 2. The Morgan fingerprint density at radius 2 is 1.78 bits per heavy atom. The summed E-state index contributed by atoms with van der Waals surface area (Å²) in [6.07, 6.45) is -0.585. The molecule has 3 rings (SSSR count). The quantitative estimate of drug-likeness (QED) is 0.520. The number of anilines is 2. The highest BCUT2D eigenvalue weighted by atomic mass is 32.2. The Kier molecular flexibility index (Phi) is 6.92. The van der Waals surface area contributed by atoms with Crippen molar-refractivity contribution in [1.29, 1.82) is 0 Å². The molecular formula is C19H21N3O3S2.